The number of hydrogen-bond acceptors (Lipinski definition) is 4. The van der Waals surface area contributed by atoms with Crippen LogP contribution < -0.4 is 16.2 Å². The summed E-state index contributed by atoms with van der Waals surface area (Å²) in [6, 6.07) is 8.45. The Bertz CT molecular complexity index is 599. The van der Waals surface area contributed by atoms with E-state index in [1.54, 1.807) is 18.3 Å². The molecule has 19 heavy (non-hydrogen) atoms. The van der Waals surface area contributed by atoms with Gasteiger partial charge < -0.3 is 16.2 Å². The minimum Gasteiger partial charge on any atom is -0.486 e. The Labute approximate surface area is 118 Å². The van der Waals surface area contributed by atoms with E-state index in [0.717, 1.165) is 10.2 Å². The van der Waals surface area contributed by atoms with E-state index in [0.29, 0.717) is 11.4 Å². The molecule has 0 aliphatic heterocycles. The second-order valence-electron chi connectivity index (χ2n) is 3.88. The van der Waals surface area contributed by atoms with Gasteiger partial charge in [-0.15, -0.1) is 0 Å². The van der Waals surface area contributed by atoms with Gasteiger partial charge in [0.2, 0.25) is 0 Å². The molecule has 1 aromatic carbocycles. The molecule has 0 atom stereocenters. The number of anilines is 1. The molecular weight excluding hydrogens is 310 g/mol. The average Bonchev–Trinajstić information content (AvgIpc) is 2.39. The normalized spacial score (nSPS) is 10.2. The summed E-state index contributed by atoms with van der Waals surface area (Å²) >= 11 is 3.30. The fourth-order valence-electron chi connectivity index (χ4n) is 1.51. The molecule has 1 aromatic heterocycles. The molecule has 0 fully saturated rings. The van der Waals surface area contributed by atoms with Crippen LogP contribution in [0, 0.1) is 0 Å². The molecule has 0 saturated heterocycles. The molecule has 1 amide bonds. The van der Waals surface area contributed by atoms with Crippen LogP contribution >= 0.6 is 15.9 Å². The number of aromatic nitrogens is 1. The van der Waals surface area contributed by atoms with Crippen LogP contribution in [0.15, 0.2) is 41.0 Å². The van der Waals surface area contributed by atoms with E-state index in [9.17, 15) is 4.79 Å². The summed E-state index contributed by atoms with van der Waals surface area (Å²) in [7, 11) is 0. The lowest BCUT2D eigenvalue weighted by Crippen LogP contribution is -2.13. The van der Waals surface area contributed by atoms with Gasteiger partial charge in [-0.05, 0) is 46.3 Å². The van der Waals surface area contributed by atoms with Crippen molar-refractivity contribution in [1.82, 2.24) is 4.98 Å². The molecule has 2 rings (SSSR count). The second kappa shape index (κ2) is 5.71. The molecule has 2 aromatic rings. The van der Waals surface area contributed by atoms with E-state index in [1.165, 1.54) is 6.07 Å². The summed E-state index contributed by atoms with van der Waals surface area (Å²) in [5, 5.41) is 0. The summed E-state index contributed by atoms with van der Waals surface area (Å²) in [5.41, 5.74) is 12.4. The zero-order chi connectivity index (χ0) is 13.8. The minimum atomic E-state index is -0.578. The second-order valence-corrected chi connectivity index (χ2v) is 4.79. The molecule has 0 radical (unpaired) electrons. The number of nitrogen functional groups attached to an aromatic ring is 1. The largest absolute Gasteiger partial charge is 0.486 e. The summed E-state index contributed by atoms with van der Waals surface area (Å²) in [5.74, 6) is -0.183. The number of carbonyl (C=O) groups is 1. The van der Waals surface area contributed by atoms with Crippen LogP contribution in [0.25, 0.3) is 0 Å². The lowest BCUT2D eigenvalue weighted by molar-refractivity contribution is 0.0996. The average molecular weight is 322 g/mol. The third-order valence-corrected chi connectivity index (χ3v) is 2.90. The number of benzene rings is 1. The van der Waals surface area contributed by atoms with Gasteiger partial charge in [-0.3, -0.25) is 9.78 Å². The standard InChI is InChI=1S/C13H12BrN3O2/c14-8-1-3-10(17-6-8)7-19-12-4-2-9(15)5-11(12)13(16)18/h1-6H,7,15H2,(H2,16,18). The summed E-state index contributed by atoms with van der Waals surface area (Å²) in [6.07, 6.45) is 1.68. The quantitative estimate of drug-likeness (QED) is 0.843. The maximum atomic E-state index is 11.3. The van der Waals surface area contributed by atoms with E-state index in [4.69, 9.17) is 16.2 Å². The van der Waals surface area contributed by atoms with E-state index in [1.807, 2.05) is 12.1 Å². The van der Waals surface area contributed by atoms with Crippen LogP contribution in [0.1, 0.15) is 16.1 Å². The summed E-state index contributed by atoms with van der Waals surface area (Å²) in [6.45, 7) is 0.247. The van der Waals surface area contributed by atoms with Crippen molar-refractivity contribution in [3.63, 3.8) is 0 Å². The number of rotatable bonds is 4. The van der Waals surface area contributed by atoms with Gasteiger partial charge in [0.15, 0.2) is 0 Å². The topological polar surface area (TPSA) is 91.2 Å². The van der Waals surface area contributed by atoms with Crippen LogP contribution in [0.3, 0.4) is 0 Å². The molecule has 4 N–H and O–H groups in total. The number of nitrogens with two attached hydrogens (primary N) is 2. The Kier molecular flexibility index (Phi) is 4.01. The van der Waals surface area contributed by atoms with Crippen molar-refractivity contribution in [2.45, 2.75) is 6.61 Å². The van der Waals surface area contributed by atoms with E-state index >= 15 is 0 Å². The van der Waals surface area contributed by atoms with E-state index in [2.05, 4.69) is 20.9 Å². The number of halogens is 1. The molecule has 0 saturated carbocycles. The maximum Gasteiger partial charge on any atom is 0.252 e. The first-order valence-electron chi connectivity index (χ1n) is 5.49. The number of nitrogens with zero attached hydrogens (tertiary/aromatic N) is 1. The molecule has 0 unspecified atom stereocenters. The predicted octanol–water partition coefficient (Wildman–Crippen LogP) is 2.10. The van der Waals surface area contributed by atoms with Gasteiger partial charge in [0.1, 0.15) is 12.4 Å². The van der Waals surface area contributed by atoms with Crippen molar-refractivity contribution < 1.29 is 9.53 Å². The van der Waals surface area contributed by atoms with Gasteiger partial charge in [-0.1, -0.05) is 0 Å². The SMILES string of the molecule is NC(=O)c1cc(N)ccc1OCc1ccc(Br)cn1. The van der Waals surface area contributed by atoms with E-state index in [-0.39, 0.29) is 12.2 Å². The number of primary amides is 1. The van der Waals surface area contributed by atoms with Gasteiger partial charge in [-0.2, -0.15) is 0 Å². The lowest BCUT2D eigenvalue weighted by Gasteiger charge is -2.10. The molecule has 0 bridgehead atoms. The zero-order valence-electron chi connectivity index (χ0n) is 9.97. The fourth-order valence-corrected chi connectivity index (χ4v) is 1.74. The highest BCUT2D eigenvalue weighted by Gasteiger charge is 2.10. The molecule has 5 nitrogen and oxygen atoms in total. The number of amides is 1. The third-order valence-electron chi connectivity index (χ3n) is 2.43. The molecule has 98 valence electrons. The monoisotopic (exact) mass is 321 g/mol. The van der Waals surface area contributed by atoms with E-state index < -0.39 is 5.91 Å². The van der Waals surface area contributed by atoms with Gasteiger partial charge in [0.05, 0.1) is 11.3 Å². The maximum absolute atomic E-state index is 11.3. The van der Waals surface area contributed by atoms with Crippen molar-refractivity contribution >= 4 is 27.5 Å². The van der Waals surface area contributed by atoms with Crippen LogP contribution in [-0.4, -0.2) is 10.9 Å². The highest BCUT2D eigenvalue weighted by Crippen LogP contribution is 2.22. The van der Waals surface area contributed by atoms with Crippen molar-refractivity contribution in [1.29, 1.82) is 0 Å². The Morgan fingerprint density at radius 2 is 2.11 bits per heavy atom. The first kappa shape index (κ1) is 13.4. The zero-order valence-corrected chi connectivity index (χ0v) is 11.6. The Morgan fingerprint density at radius 1 is 1.32 bits per heavy atom. The molecule has 0 spiro atoms. The number of hydrogen-bond donors (Lipinski definition) is 2. The Hall–Kier alpha value is -2.08. The fraction of sp³-hybridized carbons (Fsp3) is 0.0769. The number of carbonyl (C=O) groups excluding carboxylic acids is 1. The van der Waals surface area contributed by atoms with Crippen molar-refractivity contribution in [2.75, 3.05) is 5.73 Å². The molecule has 1 heterocycles. The van der Waals surface area contributed by atoms with Crippen LogP contribution in [0.4, 0.5) is 5.69 Å². The molecule has 6 heteroatoms. The summed E-state index contributed by atoms with van der Waals surface area (Å²) < 4.78 is 6.44. The summed E-state index contributed by atoms with van der Waals surface area (Å²) in [4.78, 5) is 15.5. The predicted molar refractivity (Wildman–Crippen MR) is 75.6 cm³/mol. The number of ether oxygens (including phenoxy) is 1. The lowest BCUT2D eigenvalue weighted by atomic mass is 10.1. The Balaban J connectivity index is 2.15. The van der Waals surface area contributed by atoms with Crippen LogP contribution in [-0.2, 0) is 6.61 Å². The highest BCUT2D eigenvalue weighted by atomic mass is 79.9. The Morgan fingerprint density at radius 3 is 2.74 bits per heavy atom. The molecule has 0 aliphatic rings. The first-order valence-corrected chi connectivity index (χ1v) is 6.28. The van der Waals surface area contributed by atoms with Crippen LogP contribution in [0.5, 0.6) is 5.75 Å². The van der Waals surface area contributed by atoms with Crippen molar-refractivity contribution in [3.05, 3.63) is 52.3 Å². The molecule has 0 aliphatic carbocycles. The smallest absolute Gasteiger partial charge is 0.252 e. The number of pyridine rings is 1. The minimum absolute atomic E-state index is 0.247. The highest BCUT2D eigenvalue weighted by molar-refractivity contribution is 9.10. The van der Waals surface area contributed by atoms with Crippen LogP contribution in [0.2, 0.25) is 0 Å². The van der Waals surface area contributed by atoms with Gasteiger partial charge >= 0.3 is 0 Å². The van der Waals surface area contributed by atoms with Crippen molar-refractivity contribution in [2.24, 2.45) is 5.73 Å². The first-order chi connectivity index (χ1) is 9.06. The third kappa shape index (κ3) is 3.45. The molecular formula is C13H12BrN3O2. The van der Waals surface area contributed by atoms with Gasteiger partial charge in [0.25, 0.3) is 5.91 Å². The van der Waals surface area contributed by atoms with Gasteiger partial charge in [-0.25, -0.2) is 0 Å². The van der Waals surface area contributed by atoms with Crippen molar-refractivity contribution in [3.8, 4) is 5.75 Å². The van der Waals surface area contributed by atoms with Gasteiger partial charge in [0, 0.05) is 16.4 Å².